The molecule has 5 atom stereocenters. The number of ether oxygens (including phenoxy) is 4. The summed E-state index contributed by atoms with van der Waals surface area (Å²) in [6.07, 6.45) is 92.4. The minimum absolute atomic E-state index is 0.0687. The summed E-state index contributed by atoms with van der Waals surface area (Å²) in [6, 6.07) is 0. The van der Waals surface area contributed by atoms with E-state index in [9.17, 15) is 43.2 Å². The maximum Gasteiger partial charge on any atom is 0.472 e. The molecule has 0 heterocycles. The maximum atomic E-state index is 13.1. The molecule has 0 saturated carbocycles. The number of phosphoric acid groups is 2. The molecule has 0 aromatic carbocycles. The van der Waals surface area contributed by atoms with Crippen molar-refractivity contribution >= 4 is 39.5 Å². The van der Waals surface area contributed by atoms with E-state index in [0.29, 0.717) is 25.7 Å². The molecule has 19 heteroatoms. The molecule has 5 unspecified atom stereocenters. The second-order valence-electron chi connectivity index (χ2n) is 27.6. The van der Waals surface area contributed by atoms with Crippen LogP contribution in [0.3, 0.4) is 0 Å². The Balaban J connectivity index is 5.42. The van der Waals surface area contributed by atoms with Gasteiger partial charge in [-0.1, -0.05) is 289 Å². The summed E-state index contributed by atoms with van der Waals surface area (Å²) in [4.78, 5) is 73.2. The van der Waals surface area contributed by atoms with Crippen molar-refractivity contribution in [3.8, 4) is 0 Å². The summed E-state index contributed by atoms with van der Waals surface area (Å²) in [7, 11) is -9.99. The van der Waals surface area contributed by atoms with E-state index in [0.717, 1.165) is 212 Å². The van der Waals surface area contributed by atoms with Gasteiger partial charge in [-0.25, -0.2) is 9.13 Å². The summed E-state index contributed by atoms with van der Waals surface area (Å²) in [6.45, 7) is 4.56. The van der Waals surface area contributed by atoms with Gasteiger partial charge in [0.15, 0.2) is 12.2 Å². The van der Waals surface area contributed by atoms with Crippen molar-refractivity contribution in [1.82, 2.24) is 0 Å². The maximum absolute atomic E-state index is 13.1. The van der Waals surface area contributed by atoms with E-state index in [-0.39, 0.29) is 25.7 Å². The lowest BCUT2D eigenvalue weighted by Crippen LogP contribution is -2.30. The monoisotopic (exact) mass is 1550 g/mol. The number of aliphatic hydroxyl groups is 1. The standard InChI is InChI=1S/C89H150O17P2/c1-5-9-13-17-21-25-29-33-36-39-41-44-47-51-54-58-62-66-70-74-87(92)100-80-85(106-89(94)76-72-68-64-60-56-52-48-45-42-40-37-34-30-26-22-18-14-10-6-2)82-104-108(97,98)102-78-83(90)77-101-107(95,96)103-81-84(105-88(93)75-71-67-63-59-55-49-32-28-24-20-16-12-8-4)79-99-86(91)73-69-65-61-57-53-50-46-43-38-35-31-27-23-19-15-11-7-3/h9,11,13,15,21-23,25-28,32-38,41-42,44-45,51,54,83-85,90H,5-8,10,12,14,16-20,24,29-31,39-40,43,46-50,52-53,55-82H2,1-4H3,(H,95,96)(H,97,98)/b13-9-,15-11-,25-21-,26-22-,27-23-,32-28-,36-33-,37-34-,38-35-,44-41-,45-42-,54-51-. The molecule has 0 aliphatic heterocycles. The fourth-order valence-electron chi connectivity index (χ4n) is 10.9. The molecule has 0 aliphatic carbocycles. The fraction of sp³-hybridized carbons (Fsp3) is 0.685. The van der Waals surface area contributed by atoms with Crippen molar-refractivity contribution in [3.63, 3.8) is 0 Å². The highest BCUT2D eigenvalue weighted by Crippen LogP contribution is 2.45. The average molecular weight is 1550 g/mol. The van der Waals surface area contributed by atoms with E-state index < -0.39 is 97.5 Å². The predicted octanol–water partition coefficient (Wildman–Crippen LogP) is 25.0. The van der Waals surface area contributed by atoms with Crippen LogP contribution in [0.5, 0.6) is 0 Å². The van der Waals surface area contributed by atoms with Gasteiger partial charge < -0.3 is 33.8 Å². The van der Waals surface area contributed by atoms with E-state index in [2.05, 4.69) is 174 Å². The van der Waals surface area contributed by atoms with Crippen molar-refractivity contribution in [1.29, 1.82) is 0 Å². The molecular formula is C89H150O17P2. The Bertz CT molecular complexity index is 2610. The number of phosphoric ester groups is 2. The van der Waals surface area contributed by atoms with Crippen LogP contribution in [-0.4, -0.2) is 96.7 Å². The fourth-order valence-corrected chi connectivity index (χ4v) is 12.5. The Morgan fingerprint density at radius 2 is 0.481 bits per heavy atom. The Morgan fingerprint density at radius 1 is 0.269 bits per heavy atom. The lowest BCUT2D eigenvalue weighted by molar-refractivity contribution is -0.161. The van der Waals surface area contributed by atoms with Gasteiger partial charge in [0.25, 0.3) is 0 Å². The van der Waals surface area contributed by atoms with Gasteiger partial charge in [0, 0.05) is 25.7 Å². The normalized spacial score (nSPS) is 14.5. The summed E-state index contributed by atoms with van der Waals surface area (Å²) in [5.74, 6) is -2.24. The molecule has 0 amide bonds. The number of esters is 4. The molecule has 0 fully saturated rings. The van der Waals surface area contributed by atoms with Crippen molar-refractivity contribution in [2.24, 2.45) is 0 Å². The smallest absolute Gasteiger partial charge is 0.462 e. The number of carbonyl (C=O) groups is 4. The number of carbonyl (C=O) groups excluding carboxylic acids is 4. The molecular weight excluding hydrogens is 1400 g/mol. The number of hydrogen-bond acceptors (Lipinski definition) is 15. The Labute approximate surface area is 656 Å². The van der Waals surface area contributed by atoms with Crippen LogP contribution in [0.4, 0.5) is 0 Å². The second-order valence-corrected chi connectivity index (χ2v) is 30.6. The quantitative estimate of drug-likeness (QED) is 0.0169. The molecule has 3 N–H and O–H groups in total. The van der Waals surface area contributed by atoms with Gasteiger partial charge in [0.05, 0.1) is 26.4 Å². The molecule has 17 nitrogen and oxygen atoms in total. The highest BCUT2D eigenvalue weighted by Gasteiger charge is 2.30. The van der Waals surface area contributed by atoms with E-state index in [1.807, 2.05) is 0 Å². The van der Waals surface area contributed by atoms with Gasteiger partial charge in [0.2, 0.25) is 0 Å². The molecule has 0 rings (SSSR count). The minimum Gasteiger partial charge on any atom is -0.462 e. The van der Waals surface area contributed by atoms with E-state index in [1.54, 1.807) is 0 Å². The van der Waals surface area contributed by atoms with Crippen LogP contribution >= 0.6 is 15.6 Å². The first-order chi connectivity index (χ1) is 52.7. The summed E-state index contributed by atoms with van der Waals surface area (Å²) in [5.41, 5.74) is 0. The Morgan fingerprint density at radius 3 is 0.778 bits per heavy atom. The largest absolute Gasteiger partial charge is 0.472 e. The zero-order valence-corrected chi connectivity index (χ0v) is 69.5. The molecule has 108 heavy (non-hydrogen) atoms. The third kappa shape index (κ3) is 79.0. The molecule has 0 bridgehead atoms. The van der Waals surface area contributed by atoms with Crippen LogP contribution in [0.25, 0.3) is 0 Å². The topological polar surface area (TPSA) is 237 Å². The zero-order valence-electron chi connectivity index (χ0n) is 67.7. The highest BCUT2D eigenvalue weighted by atomic mass is 31.2. The lowest BCUT2D eigenvalue weighted by Gasteiger charge is -2.21. The summed E-state index contributed by atoms with van der Waals surface area (Å²) >= 11 is 0. The molecule has 0 aromatic rings. The molecule has 0 saturated heterocycles. The van der Waals surface area contributed by atoms with Crippen molar-refractivity contribution in [3.05, 3.63) is 146 Å². The number of aliphatic hydroxyl groups excluding tert-OH is 1. The average Bonchev–Trinajstić information content (AvgIpc) is 0.892. The van der Waals surface area contributed by atoms with Crippen LogP contribution in [-0.2, 0) is 65.4 Å². The number of rotatable bonds is 78. The minimum atomic E-state index is -5.00. The highest BCUT2D eigenvalue weighted by molar-refractivity contribution is 7.47. The van der Waals surface area contributed by atoms with Gasteiger partial charge >= 0.3 is 39.5 Å². The zero-order chi connectivity index (χ0) is 78.9. The van der Waals surface area contributed by atoms with Gasteiger partial charge in [-0.15, -0.1) is 0 Å². The first kappa shape index (κ1) is 103. The van der Waals surface area contributed by atoms with Crippen molar-refractivity contribution in [2.75, 3.05) is 39.6 Å². The predicted molar refractivity (Wildman–Crippen MR) is 445 cm³/mol. The number of allylic oxidation sites excluding steroid dienone is 24. The van der Waals surface area contributed by atoms with Gasteiger partial charge in [-0.3, -0.25) is 37.3 Å². The molecule has 0 radical (unpaired) electrons. The van der Waals surface area contributed by atoms with Crippen molar-refractivity contribution < 1.29 is 80.2 Å². The molecule has 618 valence electrons. The third-order valence-electron chi connectivity index (χ3n) is 17.3. The molecule has 0 aliphatic rings. The summed E-state index contributed by atoms with van der Waals surface area (Å²) in [5, 5.41) is 10.7. The summed E-state index contributed by atoms with van der Waals surface area (Å²) < 4.78 is 68.7. The van der Waals surface area contributed by atoms with Crippen LogP contribution in [0, 0.1) is 0 Å². The Hall–Kier alpha value is -5.06. The first-order valence-electron chi connectivity index (χ1n) is 42.1. The SMILES string of the molecule is CC/C=C\C/C=C\C/C=C\C/C=C\C/C=C\CCCCCC(=O)OCC(COP(=O)(O)OCC(O)COP(=O)(O)OCC(COC(=O)CCCCCCCCC/C=C\C/C=C\C/C=C\CC)OC(=O)CCCCCCC/C=C\CCCCCC)OC(=O)CCCCCCCC/C=C\C/C=C\C/C=C\CCCCC. The number of unbranched alkanes of at least 4 members (excludes halogenated alkanes) is 28. The third-order valence-corrected chi connectivity index (χ3v) is 19.2. The lowest BCUT2D eigenvalue weighted by atomic mass is 10.1. The van der Waals surface area contributed by atoms with Crippen LogP contribution < -0.4 is 0 Å². The van der Waals surface area contributed by atoms with Crippen LogP contribution in [0.15, 0.2) is 146 Å². The van der Waals surface area contributed by atoms with Gasteiger partial charge in [-0.2, -0.15) is 0 Å². The number of hydrogen-bond donors (Lipinski definition) is 3. The second kappa shape index (κ2) is 80.0. The van der Waals surface area contributed by atoms with E-state index >= 15 is 0 Å². The van der Waals surface area contributed by atoms with Gasteiger partial charge in [-0.05, 0) is 167 Å². The first-order valence-corrected chi connectivity index (χ1v) is 45.1. The van der Waals surface area contributed by atoms with Gasteiger partial charge in [0.1, 0.15) is 19.3 Å². The molecule has 0 aromatic heterocycles. The van der Waals surface area contributed by atoms with Crippen LogP contribution in [0.1, 0.15) is 336 Å². The Kier molecular flexibility index (Phi) is 76.3. The van der Waals surface area contributed by atoms with Crippen molar-refractivity contribution in [2.45, 2.75) is 354 Å². The van der Waals surface area contributed by atoms with E-state index in [4.69, 9.17) is 37.0 Å². The molecule has 0 spiro atoms. The van der Waals surface area contributed by atoms with Crippen LogP contribution in [0.2, 0.25) is 0 Å². The van der Waals surface area contributed by atoms with E-state index in [1.165, 1.54) is 44.9 Å².